The fourth-order valence-corrected chi connectivity index (χ4v) is 2.84. The number of hydrogen-bond donors (Lipinski definition) is 1. The van der Waals surface area contributed by atoms with Crippen LogP contribution in [0.2, 0.25) is 0 Å². The highest BCUT2D eigenvalue weighted by molar-refractivity contribution is 4.84. The van der Waals surface area contributed by atoms with E-state index in [0.29, 0.717) is 12.2 Å². The van der Waals surface area contributed by atoms with Gasteiger partial charge in [-0.15, -0.1) is 0 Å². The molecular weight excluding hydrogens is 250 g/mol. The van der Waals surface area contributed by atoms with Gasteiger partial charge in [0, 0.05) is 19.2 Å². The maximum Gasteiger partial charge on any atom is 0.0813 e. The van der Waals surface area contributed by atoms with Crippen LogP contribution in [-0.2, 0) is 9.47 Å². The first-order valence-corrected chi connectivity index (χ1v) is 8.85. The molecule has 2 rings (SSSR count). The molecule has 0 aromatic rings. The minimum Gasteiger partial charge on any atom is -0.379 e. The second kappa shape index (κ2) is 9.75. The van der Waals surface area contributed by atoms with Crippen molar-refractivity contribution in [3.63, 3.8) is 0 Å². The molecule has 2 fully saturated rings. The Hall–Kier alpha value is -0.120. The number of hydrogen-bond acceptors (Lipinski definition) is 3. The van der Waals surface area contributed by atoms with Crippen LogP contribution in [0.3, 0.4) is 0 Å². The molecule has 1 saturated heterocycles. The molecule has 3 heteroatoms. The molecule has 2 aliphatic rings. The van der Waals surface area contributed by atoms with Crippen LogP contribution in [0.4, 0.5) is 0 Å². The monoisotopic (exact) mass is 283 g/mol. The van der Waals surface area contributed by atoms with Gasteiger partial charge in [0.1, 0.15) is 0 Å². The van der Waals surface area contributed by atoms with Gasteiger partial charge in [0.05, 0.1) is 18.8 Å². The fourth-order valence-electron chi connectivity index (χ4n) is 2.84. The lowest BCUT2D eigenvalue weighted by Gasteiger charge is -2.14. The van der Waals surface area contributed by atoms with Crippen molar-refractivity contribution in [2.75, 3.05) is 19.8 Å². The molecular formula is C17H33NO2. The molecule has 1 aliphatic carbocycles. The largest absolute Gasteiger partial charge is 0.379 e. The van der Waals surface area contributed by atoms with E-state index in [0.717, 1.165) is 25.8 Å². The summed E-state index contributed by atoms with van der Waals surface area (Å²) in [5, 5.41) is 3.55. The van der Waals surface area contributed by atoms with Gasteiger partial charge in [-0.3, -0.25) is 0 Å². The van der Waals surface area contributed by atoms with Crippen LogP contribution < -0.4 is 5.32 Å². The topological polar surface area (TPSA) is 30.5 Å². The Morgan fingerprint density at radius 3 is 2.50 bits per heavy atom. The molecule has 118 valence electrons. The van der Waals surface area contributed by atoms with E-state index in [1.807, 2.05) is 0 Å². The van der Waals surface area contributed by atoms with Crippen molar-refractivity contribution < 1.29 is 9.47 Å². The zero-order valence-corrected chi connectivity index (χ0v) is 13.2. The minimum atomic E-state index is 0.348. The zero-order valence-electron chi connectivity index (χ0n) is 13.2. The Morgan fingerprint density at radius 2 is 1.70 bits per heavy atom. The third-order valence-corrected chi connectivity index (χ3v) is 4.35. The summed E-state index contributed by atoms with van der Waals surface area (Å²) in [4.78, 5) is 0. The second-order valence-electron chi connectivity index (χ2n) is 6.48. The van der Waals surface area contributed by atoms with Gasteiger partial charge in [-0.25, -0.2) is 0 Å². The molecule has 1 heterocycles. The smallest absolute Gasteiger partial charge is 0.0813 e. The molecule has 0 aromatic carbocycles. The summed E-state index contributed by atoms with van der Waals surface area (Å²) in [6.07, 6.45) is 13.9. The fraction of sp³-hybridized carbons (Fsp3) is 1.00. The summed E-state index contributed by atoms with van der Waals surface area (Å²) in [6, 6.07) is 0.793. The Kier molecular flexibility index (Phi) is 7.92. The minimum absolute atomic E-state index is 0.348. The van der Waals surface area contributed by atoms with Crippen LogP contribution in [-0.4, -0.2) is 38.0 Å². The molecule has 20 heavy (non-hydrogen) atoms. The molecule has 1 saturated carbocycles. The van der Waals surface area contributed by atoms with Crippen LogP contribution >= 0.6 is 0 Å². The number of ether oxygens (including phenoxy) is 2. The molecule has 3 nitrogen and oxygen atoms in total. The van der Waals surface area contributed by atoms with Gasteiger partial charge in [-0.1, -0.05) is 39.0 Å². The van der Waals surface area contributed by atoms with Crippen molar-refractivity contribution in [3.05, 3.63) is 0 Å². The van der Waals surface area contributed by atoms with E-state index in [1.165, 1.54) is 64.2 Å². The highest BCUT2D eigenvalue weighted by atomic mass is 16.5. The highest BCUT2D eigenvalue weighted by Gasteiger charge is 2.27. The van der Waals surface area contributed by atoms with Crippen molar-refractivity contribution in [1.82, 2.24) is 5.32 Å². The Bertz CT molecular complexity index is 243. The highest BCUT2D eigenvalue weighted by Crippen LogP contribution is 2.22. The van der Waals surface area contributed by atoms with E-state index < -0.39 is 0 Å². The first kappa shape index (κ1) is 16.3. The third kappa shape index (κ3) is 7.05. The van der Waals surface area contributed by atoms with Gasteiger partial charge in [-0.05, 0) is 32.1 Å². The molecule has 0 radical (unpaired) electrons. The summed E-state index contributed by atoms with van der Waals surface area (Å²) in [5.41, 5.74) is 0. The second-order valence-corrected chi connectivity index (χ2v) is 6.48. The molecule has 2 unspecified atom stereocenters. The van der Waals surface area contributed by atoms with Gasteiger partial charge < -0.3 is 14.8 Å². The number of rotatable bonds is 12. The Balaban J connectivity index is 1.36. The lowest BCUT2D eigenvalue weighted by molar-refractivity contribution is -0.0150. The quantitative estimate of drug-likeness (QED) is 0.554. The van der Waals surface area contributed by atoms with Crippen LogP contribution in [0.15, 0.2) is 0 Å². The molecule has 0 spiro atoms. The Labute approximate surface area is 124 Å². The van der Waals surface area contributed by atoms with Crippen molar-refractivity contribution in [2.24, 2.45) is 0 Å². The zero-order chi connectivity index (χ0) is 14.0. The van der Waals surface area contributed by atoms with E-state index in [-0.39, 0.29) is 0 Å². The lowest BCUT2D eigenvalue weighted by atomic mass is 10.1. The van der Waals surface area contributed by atoms with E-state index in [9.17, 15) is 0 Å². The maximum atomic E-state index is 6.01. The predicted molar refractivity (Wildman–Crippen MR) is 83.1 cm³/mol. The van der Waals surface area contributed by atoms with Crippen LogP contribution in [0.1, 0.15) is 71.1 Å². The summed E-state index contributed by atoms with van der Waals surface area (Å²) < 4.78 is 11.8. The molecule has 0 aromatic heterocycles. The average molecular weight is 283 g/mol. The van der Waals surface area contributed by atoms with E-state index in [2.05, 4.69) is 12.2 Å². The number of nitrogens with one attached hydrogen (secondary N) is 1. The summed E-state index contributed by atoms with van der Waals surface area (Å²) in [6.45, 7) is 5.02. The third-order valence-electron chi connectivity index (χ3n) is 4.35. The van der Waals surface area contributed by atoms with Crippen LogP contribution in [0.25, 0.3) is 0 Å². The maximum absolute atomic E-state index is 6.01. The van der Waals surface area contributed by atoms with E-state index in [1.54, 1.807) is 0 Å². The normalized spacial score (nSPS) is 26.2. The SMILES string of the molecule is CCCCCCCCOCC1CCC(CNC2CC2)O1. The van der Waals surface area contributed by atoms with Crippen molar-refractivity contribution in [2.45, 2.75) is 89.4 Å². The average Bonchev–Trinajstić information content (AvgIpc) is 3.18. The first-order valence-electron chi connectivity index (χ1n) is 8.85. The van der Waals surface area contributed by atoms with E-state index >= 15 is 0 Å². The van der Waals surface area contributed by atoms with E-state index in [4.69, 9.17) is 9.47 Å². The van der Waals surface area contributed by atoms with Gasteiger partial charge >= 0.3 is 0 Å². The molecule has 1 N–H and O–H groups in total. The van der Waals surface area contributed by atoms with Gasteiger partial charge in [0.2, 0.25) is 0 Å². The van der Waals surface area contributed by atoms with Crippen molar-refractivity contribution in [3.8, 4) is 0 Å². The lowest BCUT2D eigenvalue weighted by Crippen LogP contribution is -2.29. The van der Waals surface area contributed by atoms with Crippen molar-refractivity contribution >= 4 is 0 Å². The standard InChI is InChI=1S/C17H33NO2/c1-2-3-4-5-6-7-12-19-14-17-11-10-16(20-17)13-18-15-8-9-15/h15-18H,2-14H2,1H3. The molecule has 2 atom stereocenters. The molecule has 0 amide bonds. The van der Waals surface area contributed by atoms with Gasteiger partial charge in [0.25, 0.3) is 0 Å². The molecule has 1 aliphatic heterocycles. The van der Waals surface area contributed by atoms with Gasteiger partial charge in [-0.2, -0.15) is 0 Å². The molecule has 0 bridgehead atoms. The van der Waals surface area contributed by atoms with Crippen LogP contribution in [0, 0.1) is 0 Å². The number of unbranched alkanes of at least 4 members (excludes halogenated alkanes) is 5. The summed E-state index contributed by atoms with van der Waals surface area (Å²) in [7, 11) is 0. The Morgan fingerprint density at radius 1 is 0.950 bits per heavy atom. The summed E-state index contributed by atoms with van der Waals surface area (Å²) >= 11 is 0. The summed E-state index contributed by atoms with van der Waals surface area (Å²) in [5.74, 6) is 0. The van der Waals surface area contributed by atoms with Crippen LogP contribution in [0.5, 0.6) is 0 Å². The van der Waals surface area contributed by atoms with Crippen molar-refractivity contribution in [1.29, 1.82) is 0 Å². The predicted octanol–water partition coefficient (Wildman–Crippen LogP) is 3.66. The first-order chi connectivity index (χ1) is 9.88. The van der Waals surface area contributed by atoms with Gasteiger partial charge in [0.15, 0.2) is 0 Å².